The van der Waals surface area contributed by atoms with Gasteiger partial charge in [-0.2, -0.15) is 0 Å². The molecule has 0 aliphatic carbocycles. The van der Waals surface area contributed by atoms with Gasteiger partial charge in [-0.15, -0.1) is 0 Å². The first-order valence-electron chi connectivity index (χ1n) is 12.8. The lowest BCUT2D eigenvalue weighted by Crippen LogP contribution is -2.30. The summed E-state index contributed by atoms with van der Waals surface area (Å²) < 4.78 is 2.37. The van der Waals surface area contributed by atoms with Crippen LogP contribution in [0, 0.1) is 6.92 Å². The minimum Gasteiger partial charge on any atom is -0.268 e. The maximum atomic E-state index is 13.8. The van der Waals surface area contributed by atoms with E-state index in [0.717, 1.165) is 49.4 Å². The number of fused-ring (bicyclic) bond motifs is 4. The van der Waals surface area contributed by atoms with Gasteiger partial charge in [-0.3, -0.25) is 9.59 Å². The van der Waals surface area contributed by atoms with Crippen LogP contribution in [0.3, 0.4) is 0 Å². The van der Waals surface area contributed by atoms with Gasteiger partial charge in [0.25, 0.3) is 11.1 Å². The van der Waals surface area contributed by atoms with Crippen molar-refractivity contribution in [2.75, 3.05) is 0 Å². The molecule has 0 saturated heterocycles. The lowest BCUT2D eigenvalue weighted by molar-refractivity contribution is 0.958. The van der Waals surface area contributed by atoms with Gasteiger partial charge < -0.3 is 0 Å². The van der Waals surface area contributed by atoms with Crippen LogP contribution in [0.2, 0.25) is 0 Å². The van der Waals surface area contributed by atoms with Gasteiger partial charge in [0.2, 0.25) is 0 Å². The molecule has 39 heavy (non-hydrogen) atoms. The highest BCUT2D eigenvalue weighted by Gasteiger charge is 2.24. The summed E-state index contributed by atoms with van der Waals surface area (Å²) in [5, 5.41) is 4.04. The Balaban J connectivity index is 1.59. The van der Waals surface area contributed by atoms with E-state index in [1.165, 1.54) is 8.80 Å². The summed E-state index contributed by atoms with van der Waals surface area (Å²) in [4.78, 5) is 41.3. The highest BCUT2D eigenvalue weighted by molar-refractivity contribution is 6.21. The van der Waals surface area contributed by atoms with Crippen molar-refractivity contribution in [3.63, 3.8) is 0 Å². The lowest BCUT2D eigenvalue weighted by Gasteiger charge is -2.13. The van der Waals surface area contributed by atoms with Crippen LogP contribution >= 0.6 is 0 Å². The first-order chi connectivity index (χ1) is 19.0. The topological polar surface area (TPSA) is 60.0 Å². The van der Waals surface area contributed by atoms with Crippen LogP contribution in [0.4, 0.5) is 0 Å². The Hall–Kier alpha value is -5.29. The van der Waals surface area contributed by atoms with Gasteiger partial charge >= 0.3 is 5.69 Å². The lowest BCUT2D eigenvalue weighted by atomic mass is 9.94. The second-order valence-electron chi connectivity index (χ2n) is 10.1. The van der Waals surface area contributed by atoms with Gasteiger partial charge in [0.1, 0.15) is 0 Å². The summed E-state index contributed by atoms with van der Waals surface area (Å²) in [7, 11) is 0. The molecule has 5 nitrogen and oxygen atoms in total. The molecule has 0 atom stereocenters. The fourth-order valence-corrected chi connectivity index (χ4v) is 6.20. The molecule has 0 fully saturated rings. The molecule has 0 amide bonds. The summed E-state index contributed by atoms with van der Waals surface area (Å²) >= 11 is 0. The van der Waals surface area contributed by atoms with Gasteiger partial charge in [0.15, 0.2) is 0 Å². The van der Waals surface area contributed by atoms with Crippen molar-refractivity contribution < 1.29 is 0 Å². The van der Waals surface area contributed by atoms with Crippen molar-refractivity contribution >= 4 is 43.4 Å². The minimum absolute atomic E-state index is 0.411. The summed E-state index contributed by atoms with van der Waals surface area (Å²) in [6.45, 7) is 2.00. The SMILES string of the molecule is Cc1cc2c3cc(-c4ccccc4)ccc3c(=O)n3c(=O)n4c(=O)c5ccc(-c6ccccc6)cc5c1c4c23. The van der Waals surface area contributed by atoms with Crippen molar-refractivity contribution in [1.29, 1.82) is 0 Å². The Morgan fingerprint density at radius 1 is 0.462 bits per heavy atom. The maximum absolute atomic E-state index is 13.8. The van der Waals surface area contributed by atoms with Crippen molar-refractivity contribution in [1.82, 2.24) is 8.80 Å². The first kappa shape index (κ1) is 21.8. The van der Waals surface area contributed by atoms with Gasteiger partial charge in [0.05, 0.1) is 11.0 Å². The molecule has 5 aromatic carbocycles. The van der Waals surface area contributed by atoms with Gasteiger partial charge in [0, 0.05) is 21.5 Å². The quantitative estimate of drug-likeness (QED) is 0.262. The van der Waals surface area contributed by atoms with Gasteiger partial charge in [-0.1, -0.05) is 72.8 Å². The van der Waals surface area contributed by atoms with Crippen molar-refractivity contribution in [2.24, 2.45) is 0 Å². The minimum atomic E-state index is -0.622. The van der Waals surface area contributed by atoms with Crippen LogP contribution in [0.1, 0.15) is 5.56 Å². The average molecular weight is 505 g/mol. The third-order valence-corrected chi connectivity index (χ3v) is 7.98. The summed E-state index contributed by atoms with van der Waals surface area (Å²) in [6, 6.07) is 33.4. The van der Waals surface area contributed by atoms with E-state index in [4.69, 9.17) is 0 Å². The number of aryl methyl sites for hydroxylation is 1. The molecule has 0 aliphatic rings. The zero-order valence-electron chi connectivity index (χ0n) is 20.9. The van der Waals surface area contributed by atoms with Gasteiger partial charge in [-0.25, -0.2) is 13.6 Å². The van der Waals surface area contributed by atoms with Crippen LogP contribution in [-0.4, -0.2) is 8.80 Å². The summed E-state index contributed by atoms with van der Waals surface area (Å²) in [6.07, 6.45) is 0. The predicted octanol–water partition coefficient (Wildman–Crippen LogP) is 6.25. The van der Waals surface area contributed by atoms with E-state index in [1.54, 1.807) is 12.1 Å². The Morgan fingerprint density at radius 2 is 0.974 bits per heavy atom. The fraction of sp³-hybridized carbons (Fsp3) is 0.0294. The number of benzene rings is 5. The van der Waals surface area contributed by atoms with E-state index in [2.05, 4.69) is 0 Å². The second kappa shape index (κ2) is 7.62. The molecule has 0 spiro atoms. The Morgan fingerprint density at radius 3 is 1.56 bits per heavy atom. The number of nitrogens with zero attached hydrogens (tertiary/aromatic N) is 2. The van der Waals surface area contributed by atoms with Crippen LogP contribution in [0.15, 0.2) is 118 Å². The van der Waals surface area contributed by atoms with Gasteiger partial charge in [-0.05, 0) is 75.8 Å². The second-order valence-corrected chi connectivity index (χ2v) is 10.1. The highest BCUT2D eigenvalue weighted by atomic mass is 16.2. The molecule has 0 unspecified atom stereocenters. The average Bonchev–Trinajstić information content (AvgIpc) is 3.29. The number of hydrogen-bond acceptors (Lipinski definition) is 3. The monoisotopic (exact) mass is 504 g/mol. The van der Waals surface area contributed by atoms with E-state index in [1.807, 2.05) is 97.9 Å². The fourth-order valence-electron chi connectivity index (χ4n) is 6.20. The molecule has 3 aromatic heterocycles. The number of imidazole rings is 1. The molecule has 5 heteroatoms. The predicted molar refractivity (Wildman–Crippen MR) is 158 cm³/mol. The molecule has 0 aliphatic heterocycles. The highest BCUT2D eigenvalue weighted by Crippen LogP contribution is 2.37. The van der Waals surface area contributed by atoms with E-state index >= 15 is 0 Å². The summed E-state index contributed by atoms with van der Waals surface area (Å²) in [5.74, 6) is 0. The molecule has 184 valence electrons. The number of hydrogen-bond donors (Lipinski definition) is 0. The van der Waals surface area contributed by atoms with Crippen LogP contribution < -0.4 is 16.8 Å². The van der Waals surface area contributed by atoms with E-state index < -0.39 is 16.8 Å². The van der Waals surface area contributed by atoms with Crippen molar-refractivity contribution in [3.05, 3.63) is 140 Å². The zero-order chi connectivity index (χ0) is 26.4. The number of pyridine rings is 2. The largest absolute Gasteiger partial charge is 0.343 e. The van der Waals surface area contributed by atoms with Crippen LogP contribution in [-0.2, 0) is 0 Å². The molecule has 0 saturated carbocycles. The Labute approximate surface area is 221 Å². The molecule has 0 bridgehead atoms. The van der Waals surface area contributed by atoms with Crippen molar-refractivity contribution in [2.45, 2.75) is 6.92 Å². The van der Waals surface area contributed by atoms with E-state index in [0.29, 0.717) is 21.8 Å². The third kappa shape index (κ3) is 2.81. The number of aromatic nitrogens is 2. The molecular formula is C34H20N2O3. The Bertz CT molecular complexity index is 2440. The van der Waals surface area contributed by atoms with Crippen LogP contribution in [0.5, 0.6) is 0 Å². The molecule has 0 radical (unpaired) electrons. The molecule has 3 heterocycles. The van der Waals surface area contributed by atoms with E-state index in [-0.39, 0.29) is 0 Å². The maximum Gasteiger partial charge on any atom is 0.343 e. The molecular weight excluding hydrogens is 484 g/mol. The van der Waals surface area contributed by atoms with Crippen molar-refractivity contribution in [3.8, 4) is 22.3 Å². The van der Waals surface area contributed by atoms with E-state index in [9.17, 15) is 14.4 Å². The smallest absolute Gasteiger partial charge is 0.268 e. The molecule has 8 rings (SSSR count). The first-order valence-corrected chi connectivity index (χ1v) is 12.8. The third-order valence-electron chi connectivity index (χ3n) is 7.98. The number of rotatable bonds is 2. The summed E-state index contributed by atoms with van der Waals surface area (Å²) in [5.41, 5.74) is 4.53. The Kier molecular flexibility index (Phi) is 4.25. The standard InChI is InChI=1S/C34H20N2O3/c1-19-16-28-26-17-22(20-8-4-2-5-9-20)12-14-24(26)32(37)35-30(28)31-29(19)27-18-23(21-10-6-3-7-11-21)13-15-25(27)33(38)36(31)34(35)39/h2-18H,1H3. The zero-order valence-corrected chi connectivity index (χ0v) is 20.9. The van der Waals surface area contributed by atoms with Crippen LogP contribution in [0.25, 0.3) is 65.6 Å². The normalized spacial score (nSPS) is 12.0. The molecule has 8 aromatic rings. The molecule has 0 N–H and O–H groups in total.